The summed E-state index contributed by atoms with van der Waals surface area (Å²) >= 11 is 0. The third kappa shape index (κ3) is 8.39. The van der Waals surface area contributed by atoms with E-state index in [0.29, 0.717) is 12.2 Å². The van der Waals surface area contributed by atoms with Crippen molar-refractivity contribution in [1.29, 1.82) is 0 Å². The number of hydrogen-bond acceptors (Lipinski definition) is 3. The second-order valence-corrected chi connectivity index (χ2v) is 6.27. The van der Waals surface area contributed by atoms with Gasteiger partial charge in [-0.15, -0.1) is 0 Å². The fourth-order valence-corrected chi connectivity index (χ4v) is 2.61. The molecule has 0 saturated heterocycles. The lowest BCUT2D eigenvalue weighted by Crippen LogP contribution is -2.15. The van der Waals surface area contributed by atoms with Crippen molar-refractivity contribution in [3.8, 4) is 0 Å². The van der Waals surface area contributed by atoms with Crippen molar-refractivity contribution < 1.29 is 14.0 Å². The second kappa shape index (κ2) is 8.68. The van der Waals surface area contributed by atoms with Crippen LogP contribution in [0.25, 0.3) is 0 Å². The molecule has 3 nitrogen and oxygen atoms in total. The molecule has 0 amide bonds. The van der Waals surface area contributed by atoms with E-state index in [1.54, 1.807) is 6.92 Å². The monoisotopic (exact) mass is 230 g/mol. The lowest BCUT2D eigenvalue weighted by molar-refractivity contribution is -0.138. The second-order valence-electron chi connectivity index (χ2n) is 3.74. The molecule has 1 unspecified atom stereocenters. The van der Waals surface area contributed by atoms with E-state index in [4.69, 9.17) is 9.16 Å². The van der Waals surface area contributed by atoms with Gasteiger partial charge in [-0.1, -0.05) is 13.5 Å². The van der Waals surface area contributed by atoms with Gasteiger partial charge in [-0.05, 0) is 32.4 Å². The van der Waals surface area contributed by atoms with Crippen LogP contribution >= 0.6 is 0 Å². The summed E-state index contributed by atoms with van der Waals surface area (Å²) in [7, 11) is -1.02. The van der Waals surface area contributed by atoms with Gasteiger partial charge in [0, 0.05) is 12.2 Å². The first-order valence-electron chi connectivity index (χ1n) is 5.52. The van der Waals surface area contributed by atoms with E-state index in [0.717, 1.165) is 25.5 Å². The first-order valence-corrected chi connectivity index (χ1v) is 7.96. The van der Waals surface area contributed by atoms with Gasteiger partial charge in [0.1, 0.15) is 0 Å². The highest BCUT2D eigenvalue weighted by atomic mass is 28.3. The predicted molar refractivity (Wildman–Crippen MR) is 64.5 cm³/mol. The van der Waals surface area contributed by atoms with Crippen LogP contribution in [0.3, 0.4) is 0 Å². The molecule has 0 aromatic heterocycles. The zero-order chi connectivity index (χ0) is 11.7. The largest absolute Gasteiger partial charge is 0.462 e. The molecule has 0 fully saturated rings. The quantitative estimate of drug-likeness (QED) is 0.278. The molecule has 15 heavy (non-hydrogen) atoms. The number of rotatable bonds is 8. The fraction of sp³-hybridized carbons (Fsp3) is 0.727. The van der Waals surface area contributed by atoms with Crippen LogP contribution in [0.15, 0.2) is 12.2 Å². The van der Waals surface area contributed by atoms with E-state index in [2.05, 4.69) is 20.0 Å². The topological polar surface area (TPSA) is 35.5 Å². The summed E-state index contributed by atoms with van der Waals surface area (Å²) in [5.41, 5.74) is 0.461. The number of carbonyl (C=O) groups is 1. The fourth-order valence-electron chi connectivity index (χ4n) is 1.06. The molecule has 0 saturated carbocycles. The van der Waals surface area contributed by atoms with Gasteiger partial charge in [0.15, 0.2) is 9.04 Å². The highest BCUT2D eigenvalue weighted by Gasteiger charge is 2.06. The Morgan fingerprint density at radius 3 is 2.60 bits per heavy atom. The standard InChI is InChI=1S/C11H22O3Si/c1-5-7-14-15(4)9-6-8-13-11(12)10(2)3/h15H,2,5-9H2,1,3-4H3. The summed E-state index contributed by atoms with van der Waals surface area (Å²) in [5.74, 6) is -0.293. The molecule has 0 aliphatic heterocycles. The molecule has 0 radical (unpaired) electrons. The van der Waals surface area contributed by atoms with Crippen molar-refractivity contribution in [2.45, 2.75) is 39.3 Å². The van der Waals surface area contributed by atoms with Crippen molar-refractivity contribution in [2.75, 3.05) is 13.2 Å². The zero-order valence-corrected chi connectivity index (χ0v) is 11.2. The maximum absolute atomic E-state index is 11.0. The molecule has 0 N–H and O–H groups in total. The predicted octanol–water partition coefficient (Wildman–Crippen LogP) is 2.28. The number of carbonyl (C=O) groups excluding carboxylic acids is 1. The Morgan fingerprint density at radius 1 is 1.40 bits per heavy atom. The lowest BCUT2D eigenvalue weighted by atomic mass is 10.4. The molecule has 0 rings (SSSR count). The van der Waals surface area contributed by atoms with Crippen LogP contribution in [0.1, 0.15) is 26.7 Å². The van der Waals surface area contributed by atoms with Gasteiger partial charge < -0.3 is 9.16 Å². The Hall–Kier alpha value is -0.613. The molecule has 0 aromatic rings. The smallest absolute Gasteiger partial charge is 0.333 e. The third-order valence-corrected chi connectivity index (χ3v) is 3.97. The Bertz CT molecular complexity index is 204. The highest BCUT2D eigenvalue weighted by Crippen LogP contribution is 2.02. The molecule has 0 aliphatic rings. The highest BCUT2D eigenvalue weighted by molar-refractivity contribution is 6.50. The van der Waals surface area contributed by atoms with E-state index in [9.17, 15) is 4.79 Å². The van der Waals surface area contributed by atoms with Gasteiger partial charge in [0.2, 0.25) is 0 Å². The minimum atomic E-state index is -1.02. The first-order chi connectivity index (χ1) is 7.07. The van der Waals surface area contributed by atoms with Crippen LogP contribution in [-0.2, 0) is 14.0 Å². The molecule has 0 spiro atoms. The van der Waals surface area contributed by atoms with Crippen LogP contribution in [-0.4, -0.2) is 28.2 Å². The maximum atomic E-state index is 11.0. The summed E-state index contributed by atoms with van der Waals surface area (Å²) in [6.45, 7) is 10.8. The van der Waals surface area contributed by atoms with Crippen molar-refractivity contribution in [3.05, 3.63) is 12.2 Å². The Morgan fingerprint density at radius 2 is 2.07 bits per heavy atom. The number of esters is 1. The Balaban J connectivity index is 3.37. The van der Waals surface area contributed by atoms with Crippen LogP contribution in [0.4, 0.5) is 0 Å². The van der Waals surface area contributed by atoms with E-state index in [1.165, 1.54) is 0 Å². The maximum Gasteiger partial charge on any atom is 0.333 e. The Kier molecular flexibility index (Phi) is 8.32. The third-order valence-electron chi connectivity index (χ3n) is 1.94. The van der Waals surface area contributed by atoms with E-state index >= 15 is 0 Å². The van der Waals surface area contributed by atoms with Crippen molar-refractivity contribution in [1.82, 2.24) is 0 Å². The van der Waals surface area contributed by atoms with Crippen LogP contribution in [0, 0.1) is 0 Å². The van der Waals surface area contributed by atoms with Crippen molar-refractivity contribution >= 4 is 15.0 Å². The minimum Gasteiger partial charge on any atom is -0.462 e. The van der Waals surface area contributed by atoms with Crippen molar-refractivity contribution in [2.24, 2.45) is 0 Å². The zero-order valence-electron chi connectivity index (χ0n) is 10.0. The molecule has 0 aromatic carbocycles. The van der Waals surface area contributed by atoms with Gasteiger partial charge in [0.05, 0.1) is 6.61 Å². The normalized spacial score (nSPS) is 12.2. The Labute approximate surface area is 94.2 Å². The average Bonchev–Trinajstić information content (AvgIpc) is 2.20. The van der Waals surface area contributed by atoms with E-state index in [-0.39, 0.29) is 5.97 Å². The summed E-state index contributed by atoms with van der Waals surface area (Å²) in [5, 5.41) is 0. The SMILES string of the molecule is C=C(C)C(=O)OCCC[SiH](C)OCCC. The van der Waals surface area contributed by atoms with Crippen molar-refractivity contribution in [3.63, 3.8) is 0 Å². The molecule has 4 heteroatoms. The molecule has 1 atom stereocenters. The van der Waals surface area contributed by atoms with Gasteiger partial charge in [-0.3, -0.25) is 0 Å². The molecular weight excluding hydrogens is 208 g/mol. The van der Waals surface area contributed by atoms with Crippen LogP contribution < -0.4 is 0 Å². The average molecular weight is 230 g/mol. The summed E-state index contributed by atoms with van der Waals surface area (Å²) < 4.78 is 10.6. The molecule has 0 bridgehead atoms. The van der Waals surface area contributed by atoms with Crippen LogP contribution in [0.2, 0.25) is 12.6 Å². The molecule has 0 heterocycles. The van der Waals surface area contributed by atoms with Gasteiger partial charge in [-0.2, -0.15) is 0 Å². The van der Waals surface area contributed by atoms with Gasteiger partial charge in [-0.25, -0.2) is 4.79 Å². The number of hydrogen-bond donors (Lipinski definition) is 0. The summed E-state index contributed by atoms with van der Waals surface area (Å²) in [4.78, 5) is 11.0. The van der Waals surface area contributed by atoms with E-state index in [1.807, 2.05) is 0 Å². The summed E-state index contributed by atoms with van der Waals surface area (Å²) in [6.07, 6.45) is 1.97. The molecule has 88 valence electrons. The number of ether oxygens (including phenoxy) is 1. The van der Waals surface area contributed by atoms with Gasteiger partial charge >= 0.3 is 5.97 Å². The first kappa shape index (κ1) is 14.4. The van der Waals surface area contributed by atoms with Crippen LogP contribution in [0.5, 0.6) is 0 Å². The van der Waals surface area contributed by atoms with Gasteiger partial charge in [0.25, 0.3) is 0 Å². The summed E-state index contributed by atoms with van der Waals surface area (Å²) in [6, 6.07) is 1.06. The van der Waals surface area contributed by atoms with E-state index < -0.39 is 9.04 Å². The molecular formula is C11H22O3Si. The molecule has 0 aliphatic carbocycles. The lowest BCUT2D eigenvalue weighted by Gasteiger charge is -2.10. The minimum absolute atomic E-state index is 0.293.